The molecule has 0 unspecified atom stereocenters. The van der Waals surface area contributed by atoms with Crippen molar-refractivity contribution < 1.29 is 4.79 Å². The first-order valence-corrected chi connectivity index (χ1v) is 5.26. The van der Waals surface area contributed by atoms with Gasteiger partial charge in [0.15, 0.2) is 0 Å². The molecule has 1 aromatic rings. The molecular weight excluding hydrogens is 202 g/mol. The first-order chi connectivity index (χ1) is 7.47. The standard InChI is InChI=1S/C12H17N3O/c1-12(2,9-13)11(16)15(3)7-5-10-4-6-14-8-10/h4,6,8,14H,5,7H2,1-3H3. The van der Waals surface area contributed by atoms with Crippen LogP contribution in [0, 0.1) is 16.7 Å². The third-order valence-electron chi connectivity index (χ3n) is 2.56. The summed E-state index contributed by atoms with van der Waals surface area (Å²) in [6, 6.07) is 4.00. The van der Waals surface area contributed by atoms with E-state index in [0.717, 1.165) is 12.0 Å². The lowest BCUT2D eigenvalue weighted by molar-refractivity contribution is -0.136. The van der Waals surface area contributed by atoms with Crippen LogP contribution in [-0.4, -0.2) is 29.4 Å². The van der Waals surface area contributed by atoms with Crippen LogP contribution < -0.4 is 0 Å². The number of hydrogen-bond acceptors (Lipinski definition) is 2. The van der Waals surface area contributed by atoms with Crippen molar-refractivity contribution in [2.24, 2.45) is 5.41 Å². The second-order valence-electron chi connectivity index (χ2n) is 4.43. The number of nitriles is 1. The summed E-state index contributed by atoms with van der Waals surface area (Å²) in [6.07, 6.45) is 4.57. The summed E-state index contributed by atoms with van der Waals surface area (Å²) < 4.78 is 0. The zero-order chi connectivity index (χ0) is 12.2. The number of carbonyl (C=O) groups is 1. The highest BCUT2D eigenvalue weighted by atomic mass is 16.2. The Morgan fingerprint density at radius 1 is 1.62 bits per heavy atom. The van der Waals surface area contributed by atoms with Crippen molar-refractivity contribution in [1.29, 1.82) is 5.26 Å². The third kappa shape index (κ3) is 2.86. The molecule has 0 aliphatic heterocycles. The molecule has 0 spiro atoms. The zero-order valence-electron chi connectivity index (χ0n) is 9.95. The molecule has 4 nitrogen and oxygen atoms in total. The van der Waals surface area contributed by atoms with Crippen molar-refractivity contribution in [1.82, 2.24) is 9.88 Å². The van der Waals surface area contributed by atoms with Crippen LogP contribution in [0.4, 0.5) is 0 Å². The molecule has 1 N–H and O–H groups in total. The van der Waals surface area contributed by atoms with Crippen molar-refractivity contribution in [2.45, 2.75) is 20.3 Å². The van der Waals surface area contributed by atoms with Gasteiger partial charge >= 0.3 is 0 Å². The fraction of sp³-hybridized carbons (Fsp3) is 0.500. The number of H-pyrrole nitrogens is 1. The summed E-state index contributed by atoms with van der Waals surface area (Å²) in [4.78, 5) is 16.4. The summed E-state index contributed by atoms with van der Waals surface area (Å²) in [5.41, 5.74) is 0.224. The SMILES string of the molecule is CN(CCc1cc[nH]c1)C(=O)C(C)(C)C#N. The number of carbonyl (C=O) groups excluding carboxylic acids is 1. The molecule has 0 aromatic carbocycles. The van der Waals surface area contributed by atoms with Crippen LogP contribution in [0.25, 0.3) is 0 Å². The lowest BCUT2D eigenvalue weighted by atomic mass is 9.94. The zero-order valence-corrected chi connectivity index (χ0v) is 9.95. The average Bonchev–Trinajstić information content (AvgIpc) is 2.77. The monoisotopic (exact) mass is 219 g/mol. The Morgan fingerprint density at radius 2 is 2.31 bits per heavy atom. The van der Waals surface area contributed by atoms with Crippen molar-refractivity contribution >= 4 is 5.91 Å². The molecule has 0 aliphatic rings. The van der Waals surface area contributed by atoms with E-state index in [1.807, 2.05) is 24.5 Å². The van der Waals surface area contributed by atoms with Crippen molar-refractivity contribution in [3.8, 4) is 6.07 Å². The molecule has 0 radical (unpaired) electrons. The third-order valence-corrected chi connectivity index (χ3v) is 2.56. The van der Waals surface area contributed by atoms with Crippen LogP contribution in [0.15, 0.2) is 18.5 Å². The number of aromatic nitrogens is 1. The first kappa shape index (κ1) is 12.3. The largest absolute Gasteiger partial charge is 0.367 e. The average molecular weight is 219 g/mol. The van der Waals surface area contributed by atoms with Gasteiger partial charge in [-0.05, 0) is 31.9 Å². The Balaban J connectivity index is 2.50. The number of nitrogens with zero attached hydrogens (tertiary/aromatic N) is 2. The fourth-order valence-corrected chi connectivity index (χ4v) is 1.44. The summed E-state index contributed by atoms with van der Waals surface area (Å²) in [5, 5.41) is 8.86. The van der Waals surface area contributed by atoms with Crippen LogP contribution in [0.2, 0.25) is 0 Å². The Bertz CT molecular complexity index is 387. The molecule has 0 aliphatic carbocycles. The topological polar surface area (TPSA) is 59.9 Å². The number of rotatable bonds is 4. The minimum Gasteiger partial charge on any atom is -0.367 e. The molecule has 1 heterocycles. The maximum atomic E-state index is 11.9. The lowest BCUT2D eigenvalue weighted by Gasteiger charge is -2.23. The van der Waals surface area contributed by atoms with Gasteiger partial charge in [0.2, 0.25) is 5.91 Å². The molecular formula is C12H17N3O. The molecule has 86 valence electrons. The van der Waals surface area contributed by atoms with Crippen LogP contribution in [0.3, 0.4) is 0 Å². The normalized spacial score (nSPS) is 10.9. The van der Waals surface area contributed by atoms with E-state index in [4.69, 9.17) is 5.26 Å². The van der Waals surface area contributed by atoms with Gasteiger partial charge in [0, 0.05) is 26.0 Å². The number of hydrogen-bond donors (Lipinski definition) is 1. The Kier molecular flexibility index (Phi) is 3.73. The molecule has 0 fully saturated rings. The molecule has 1 aromatic heterocycles. The molecule has 0 bridgehead atoms. The fourth-order valence-electron chi connectivity index (χ4n) is 1.44. The Hall–Kier alpha value is -1.76. The predicted molar refractivity (Wildman–Crippen MR) is 61.5 cm³/mol. The van der Waals surface area contributed by atoms with Crippen LogP contribution >= 0.6 is 0 Å². The van der Waals surface area contributed by atoms with Crippen molar-refractivity contribution in [3.63, 3.8) is 0 Å². The summed E-state index contributed by atoms with van der Waals surface area (Å²) in [5.74, 6) is -0.134. The highest BCUT2D eigenvalue weighted by molar-refractivity contribution is 5.84. The molecule has 0 saturated carbocycles. The van der Waals surface area contributed by atoms with Gasteiger partial charge in [-0.25, -0.2) is 0 Å². The second-order valence-corrected chi connectivity index (χ2v) is 4.43. The molecule has 1 rings (SSSR count). The first-order valence-electron chi connectivity index (χ1n) is 5.26. The van der Waals surface area contributed by atoms with Crippen LogP contribution in [0.5, 0.6) is 0 Å². The van der Waals surface area contributed by atoms with E-state index in [1.54, 1.807) is 25.8 Å². The number of amides is 1. The predicted octanol–water partition coefficient (Wildman–Crippen LogP) is 1.57. The van der Waals surface area contributed by atoms with E-state index in [-0.39, 0.29) is 5.91 Å². The van der Waals surface area contributed by atoms with E-state index < -0.39 is 5.41 Å². The lowest BCUT2D eigenvalue weighted by Crippen LogP contribution is -2.38. The Morgan fingerprint density at radius 3 is 2.81 bits per heavy atom. The highest BCUT2D eigenvalue weighted by Gasteiger charge is 2.29. The van der Waals surface area contributed by atoms with Crippen LogP contribution in [-0.2, 0) is 11.2 Å². The van der Waals surface area contributed by atoms with Gasteiger partial charge in [-0.15, -0.1) is 0 Å². The van der Waals surface area contributed by atoms with Gasteiger partial charge in [0.05, 0.1) is 6.07 Å². The quantitative estimate of drug-likeness (QED) is 0.835. The van der Waals surface area contributed by atoms with Crippen molar-refractivity contribution in [3.05, 3.63) is 24.0 Å². The van der Waals surface area contributed by atoms with E-state index in [1.165, 1.54) is 0 Å². The minimum absolute atomic E-state index is 0.134. The van der Waals surface area contributed by atoms with Gasteiger partial charge in [0.1, 0.15) is 5.41 Å². The smallest absolute Gasteiger partial charge is 0.242 e. The minimum atomic E-state index is -0.938. The van der Waals surface area contributed by atoms with E-state index in [2.05, 4.69) is 4.98 Å². The molecule has 0 saturated heterocycles. The van der Waals surface area contributed by atoms with Gasteiger partial charge in [-0.2, -0.15) is 5.26 Å². The van der Waals surface area contributed by atoms with Gasteiger partial charge < -0.3 is 9.88 Å². The molecule has 4 heteroatoms. The van der Waals surface area contributed by atoms with Gasteiger partial charge in [-0.3, -0.25) is 4.79 Å². The van der Waals surface area contributed by atoms with Gasteiger partial charge in [0.25, 0.3) is 0 Å². The summed E-state index contributed by atoms with van der Waals surface area (Å²) in [7, 11) is 1.73. The van der Waals surface area contributed by atoms with E-state index >= 15 is 0 Å². The van der Waals surface area contributed by atoms with E-state index in [9.17, 15) is 4.79 Å². The number of likely N-dealkylation sites (N-methyl/N-ethyl adjacent to an activating group) is 1. The molecule has 0 atom stereocenters. The Labute approximate surface area is 95.9 Å². The number of nitrogens with one attached hydrogen (secondary N) is 1. The van der Waals surface area contributed by atoms with E-state index in [0.29, 0.717) is 6.54 Å². The summed E-state index contributed by atoms with van der Waals surface area (Å²) >= 11 is 0. The van der Waals surface area contributed by atoms with Gasteiger partial charge in [-0.1, -0.05) is 0 Å². The second kappa shape index (κ2) is 4.84. The van der Waals surface area contributed by atoms with Crippen LogP contribution in [0.1, 0.15) is 19.4 Å². The van der Waals surface area contributed by atoms with Crippen molar-refractivity contribution in [2.75, 3.05) is 13.6 Å². The molecule has 16 heavy (non-hydrogen) atoms. The highest BCUT2D eigenvalue weighted by Crippen LogP contribution is 2.16. The summed E-state index contributed by atoms with van der Waals surface area (Å²) in [6.45, 7) is 3.91. The number of aromatic amines is 1. The maximum Gasteiger partial charge on any atom is 0.242 e. The molecule has 1 amide bonds. The maximum absolute atomic E-state index is 11.9.